The fourth-order valence-electron chi connectivity index (χ4n) is 2.11. The Morgan fingerprint density at radius 2 is 2.22 bits per heavy atom. The lowest BCUT2D eigenvalue weighted by molar-refractivity contribution is 0.785. The van der Waals surface area contributed by atoms with E-state index in [9.17, 15) is 0 Å². The van der Waals surface area contributed by atoms with Gasteiger partial charge in [-0.25, -0.2) is 4.98 Å². The van der Waals surface area contributed by atoms with Crippen LogP contribution in [0.2, 0.25) is 0 Å². The monoisotopic (exact) mass is 245 g/mol. The molecule has 0 radical (unpaired) electrons. The molecule has 0 bridgehead atoms. The highest BCUT2D eigenvalue weighted by Crippen LogP contribution is 2.31. The molecule has 2 rings (SSSR count). The topological polar surface area (TPSA) is 42.1 Å². The second-order valence-electron chi connectivity index (χ2n) is 5.29. The minimum atomic E-state index is 0.431. The summed E-state index contributed by atoms with van der Waals surface area (Å²) in [6.07, 6.45) is 4.48. The van der Waals surface area contributed by atoms with Gasteiger partial charge >= 0.3 is 0 Å². The van der Waals surface area contributed by atoms with Crippen molar-refractivity contribution in [1.82, 2.24) is 4.98 Å². The average Bonchev–Trinajstić information content (AvgIpc) is 3.19. The quantitative estimate of drug-likeness (QED) is 0.784. The van der Waals surface area contributed by atoms with E-state index >= 15 is 0 Å². The van der Waals surface area contributed by atoms with Gasteiger partial charge in [0.2, 0.25) is 0 Å². The third-order valence-electron chi connectivity index (χ3n) is 3.33. The predicted molar refractivity (Wildman–Crippen MR) is 76.8 cm³/mol. The summed E-state index contributed by atoms with van der Waals surface area (Å²) >= 11 is 0. The average molecular weight is 245 g/mol. The number of nitrogens with zero attached hydrogens (tertiary/aromatic N) is 2. The first-order valence-electron chi connectivity index (χ1n) is 6.74. The molecule has 1 fully saturated rings. The molecule has 18 heavy (non-hydrogen) atoms. The number of nitrogens with two attached hydrogens (primary N) is 1. The van der Waals surface area contributed by atoms with Crippen LogP contribution in [-0.4, -0.2) is 17.6 Å². The second-order valence-corrected chi connectivity index (χ2v) is 5.29. The number of anilines is 1. The molecular weight excluding hydrogens is 222 g/mol. The molecule has 0 aromatic carbocycles. The molecule has 1 aromatic heterocycles. The molecule has 0 spiro atoms. The summed E-state index contributed by atoms with van der Waals surface area (Å²) < 4.78 is 0. The van der Waals surface area contributed by atoms with Crippen LogP contribution < -0.4 is 10.6 Å². The number of hydrogen-bond acceptors (Lipinski definition) is 3. The maximum Gasteiger partial charge on any atom is 0.129 e. The van der Waals surface area contributed by atoms with Crippen molar-refractivity contribution >= 4 is 5.82 Å². The van der Waals surface area contributed by atoms with E-state index in [-0.39, 0.29) is 0 Å². The molecule has 0 saturated heterocycles. The molecule has 1 aliphatic carbocycles. The Morgan fingerprint density at radius 3 is 2.72 bits per heavy atom. The molecule has 1 aliphatic rings. The van der Waals surface area contributed by atoms with Crippen molar-refractivity contribution in [1.29, 1.82) is 0 Å². The van der Waals surface area contributed by atoms with E-state index in [1.54, 1.807) is 0 Å². The third-order valence-corrected chi connectivity index (χ3v) is 3.33. The molecule has 0 amide bonds. The molecule has 0 unspecified atom stereocenters. The van der Waals surface area contributed by atoms with Crippen LogP contribution in [0.3, 0.4) is 0 Å². The van der Waals surface area contributed by atoms with Crippen molar-refractivity contribution in [2.75, 3.05) is 11.4 Å². The van der Waals surface area contributed by atoms with Gasteiger partial charge in [-0.3, -0.25) is 0 Å². The number of pyridine rings is 1. The Morgan fingerprint density at radius 1 is 1.50 bits per heavy atom. The van der Waals surface area contributed by atoms with E-state index in [2.05, 4.69) is 37.5 Å². The minimum Gasteiger partial charge on any atom is -0.350 e. The van der Waals surface area contributed by atoms with Crippen molar-refractivity contribution in [3.8, 4) is 0 Å². The van der Waals surface area contributed by atoms with Gasteiger partial charge in [-0.15, -0.1) is 6.58 Å². The van der Waals surface area contributed by atoms with Crippen LogP contribution in [0.5, 0.6) is 0 Å². The van der Waals surface area contributed by atoms with E-state index < -0.39 is 0 Å². The van der Waals surface area contributed by atoms with Crippen molar-refractivity contribution in [2.24, 2.45) is 5.73 Å². The lowest BCUT2D eigenvalue weighted by Gasteiger charge is -2.23. The van der Waals surface area contributed by atoms with Gasteiger partial charge in [0, 0.05) is 24.8 Å². The largest absolute Gasteiger partial charge is 0.350 e. The first-order valence-corrected chi connectivity index (χ1v) is 6.74. The molecule has 0 aliphatic heterocycles. The highest BCUT2D eigenvalue weighted by Gasteiger charge is 2.29. The summed E-state index contributed by atoms with van der Waals surface area (Å²) in [6, 6.07) is 4.88. The van der Waals surface area contributed by atoms with Gasteiger partial charge < -0.3 is 10.6 Å². The fourth-order valence-corrected chi connectivity index (χ4v) is 2.11. The molecule has 1 aromatic rings. The van der Waals surface area contributed by atoms with Gasteiger partial charge in [0.05, 0.1) is 0 Å². The van der Waals surface area contributed by atoms with Gasteiger partial charge in [0.25, 0.3) is 0 Å². The van der Waals surface area contributed by atoms with E-state index in [1.165, 1.54) is 18.4 Å². The zero-order valence-corrected chi connectivity index (χ0v) is 11.4. The predicted octanol–water partition coefficient (Wildman–Crippen LogP) is 2.82. The van der Waals surface area contributed by atoms with Crippen LogP contribution in [0.15, 0.2) is 24.8 Å². The van der Waals surface area contributed by atoms with Crippen LogP contribution in [0.25, 0.3) is 0 Å². The lowest BCUT2D eigenvalue weighted by atomic mass is 10.1. The van der Waals surface area contributed by atoms with Gasteiger partial charge in [-0.2, -0.15) is 0 Å². The molecule has 3 heteroatoms. The fraction of sp³-hybridized carbons (Fsp3) is 0.533. The van der Waals surface area contributed by atoms with E-state index in [4.69, 9.17) is 10.7 Å². The number of rotatable bonds is 6. The lowest BCUT2D eigenvalue weighted by Crippen LogP contribution is -2.27. The highest BCUT2D eigenvalue weighted by molar-refractivity contribution is 5.46. The Hall–Kier alpha value is -1.35. The molecule has 1 saturated carbocycles. The Labute approximate surface area is 110 Å². The van der Waals surface area contributed by atoms with Gasteiger partial charge in [0.1, 0.15) is 5.82 Å². The minimum absolute atomic E-state index is 0.431. The zero-order chi connectivity index (χ0) is 13.1. The van der Waals surface area contributed by atoms with E-state index in [0.717, 1.165) is 18.1 Å². The van der Waals surface area contributed by atoms with Gasteiger partial charge in [0.15, 0.2) is 0 Å². The first kappa shape index (κ1) is 13.1. The molecular formula is C15H23N3. The third kappa shape index (κ3) is 2.91. The van der Waals surface area contributed by atoms with Crippen LogP contribution in [0.1, 0.15) is 43.9 Å². The maximum absolute atomic E-state index is 5.79. The molecule has 98 valence electrons. The number of hydrogen-bond donors (Lipinski definition) is 1. The van der Waals surface area contributed by atoms with Crippen LogP contribution >= 0.6 is 0 Å². The van der Waals surface area contributed by atoms with Crippen molar-refractivity contribution < 1.29 is 0 Å². The van der Waals surface area contributed by atoms with E-state index in [0.29, 0.717) is 18.5 Å². The Bertz CT molecular complexity index is 422. The van der Waals surface area contributed by atoms with E-state index in [1.807, 2.05) is 6.08 Å². The van der Waals surface area contributed by atoms with Crippen LogP contribution in [0.4, 0.5) is 5.82 Å². The summed E-state index contributed by atoms with van der Waals surface area (Å²) in [5.74, 6) is 1.49. The van der Waals surface area contributed by atoms with Crippen LogP contribution in [-0.2, 0) is 6.54 Å². The normalized spacial score (nSPS) is 14.9. The van der Waals surface area contributed by atoms with Gasteiger partial charge in [-0.1, -0.05) is 19.9 Å². The standard InChI is InChI=1S/C15H23N3/c1-4-7-18(13-5-6-13)15-9-12(10-16)8-14(17-15)11(2)3/h4,8-9,11,13H,1,5-7,10,16H2,2-3H3. The zero-order valence-electron chi connectivity index (χ0n) is 11.4. The summed E-state index contributed by atoms with van der Waals surface area (Å²) in [7, 11) is 0. The molecule has 0 atom stereocenters. The maximum atomic E-state index is 5.79. The first-order chi connectivity index (χ1) is 8.65. The van der Waals surface area contributed by atoms with Crippen molar-refractivity contribution in [3.63, 3.8) is 0 Å². The van der Waals surface area contributed by atoms with Gasteiger partial charge in [-0.05, 0) is 36.5 Å². The smallest absolute Gasteiger partial charge is 0.129 e. The molecule has 1 heterocycles. The summed E-state index contributed by atoms with van der Waals surface area (Å²) in [5, 5.41) is 0. The number of aromatic nitrogens is 1. The SMILES string of the molecule is C=CCN(c1cc(CN)cc(C(C)C)n1)C1CC1. The summed E-state index contributed by atoms with van der Waals surface area (Å²) in [6.45, 7) is 9.61. The molecule has 2 N–H and O–H groups in total. The Kier molecular flexibility index (Phi) is 4.02. The summed E-state index contributed by atoms with van der Waals surface area (Å²) in [5.41, 5.74) is 8.08. The Balaban J connectivity index is 2.34. The molecule has 3 nitrogen and oxygen atoms in total. The van der Waals surface area contributed by atoms with Crippen molar-refractivity contribution in [2.45, 2.75) is 45.2 Å². The van der Waals surface area contributed by atoms with Crippen LogP contribution in [0, 0.1) is 0 Å². The summed E-state index contributed by atoms with van der Waals surface area (Å²) in [4.78, 5) is 7.13. The highest BCUT2D eigenvalue weighted by atomic mass is 15.2. The second kappa shape index (κ2) is 5.53. The van der Waals surface area contributed by atoms with Crippen molar-refractivity contribution in [3.05, 3.63) is 36.0 Å².